The van der Waals surface area contributed by atoms with E-state index in [1.807, 2.05) is 0 Å². The molecular formula is C15H18O. The van der Waals surface area contributed by atoms with Crippen LogP contribution in [-0.4, -0.2) is 5.78 Å². The lowest BCUT2D eigenvalue weighted by Crippen LogP contribution is -2.04. The third-order valence-corrected chi connectivity index (χ3v) is 4.06. The predicted molar refractivity (Wildman–Crippen MR) is 64.9 cm³/mol. The van der Waals surface area contributed by atoms with Gasteiger partial charge in [-0.1, -0.05) is 13.0 Å². The van der Waals surface area contributed by atoms with Gasteiger partial charge in [-0.15, -0.1) is 0 Å². The van der Waals surface area contributed by atoms with E-state index in [2.05, 4.69) is 19.1 Å². The number of carbonyl (C=O) groups excluding carboxylic acids is 1. The first-order valence-corrected chi connectivity index (χ1v) is 6.42. The van der Waals surface area contributed by atoms with Gasteiger partial charge in [-0.25, -0.2) is 0 Å². The summed E-state index contributed by atoms with van der Waals surface area (Å²) in [7, 11) is 0. The number of benzene rings is 1. The number of hydrogen-bond acceptors (Lipinski definition) is 1. The minimum absolute atomic E-state index is 0.370. The second kappa shape index (κ2) is 3.73. The van der Waals surface area contributed by atoms with Gasteiger partial charge in [-0.3, -0.25) is 4.79 Å². The summed E-state index contributed by atoms with van der Waals surface area (Å²) in [5, 5.41) is 0. The third-order valence-electron chi connectivity index (χ3n) is 4.06. The van der Waals surface area contributed by atoms with Gasteiger partial charge in [0.2, 0.25) is 0 Å². The second-order valence-electron chi connectivity index (χ2n) is 5.40. The average molecular weight is 214 g/mol. The van der Waals surface area contributed by atoms with Crippen molar-refractivity contribution >= 4 is 5.78 Å². The molecular weight excluding hydrogens is 196 g/mol. The Morgan fingerprint density at radius 1 is 1.06 bits per heavy atom. The van der Waals surface area contributed by atoms with Gasteiger partial charge in [-0.2, -0.15) is 0 Å². The summed E-state index contributed by atoms with van der Waals surface area (Å²) in [5.74, 6) is 0.921. The van der Waals surface area contributed by atoms with Crippen molar-refractivity contribution in [3.05, 3.63) is 34.4 Å². The first-order chi connectivity index (χ1) is 7.74. The van der Waals surface area contributed by atoms with E-state index >= 15 is 0 Å². The Bertz CT molecular complexity index is 445. The van der Waals surface area contributed by atoms with Gasteiger partial charge in [-0.05, 0) is 60.8 Å². The number of ketones is 1. The predicted octanol–water partition coefficient (Wildman–Crippen LogP) is 3.33. The molecule has 1 nitrogen and oxygen atoms in total. The molecule has 0 amide bonds. The topological polar surface area (TPSA) is 17.1 Å². The molecule has 0 bridgehead atoms. The summed E-state index contributed by atoms with van der Waals surface area (Å²) in [5.41, 5.74) is 5.28. The Morgan fingerprint density at radius 3 is 2.62 bits per heavy atom. The molecule has 0 saturated heterocycles. The Hall–Kier alpha value is -1.11. The third kappa shape index (κ3) is 1.59. The second-order valence-corrected chi connectivity index (χ2v) is 5.40. The van der Waals surface area contributed by atoms with Gasteiger partial charge in [0.25, 0.3) is 0 Å². The summed E-state index contributed by atoms with van der Waals surface area (Å²) in [6.45, 7) is 2.19. The van der Waals surface area contributed by atoms with Crippen LogP contribution >= 0.6 is 0 Å². The lowest BCUT2D eigenvalue weighted by molar-refractivity contribution is 0.0967. The van der Waals surface area contributed by atoms with Crippen molar-refractivity contribution in [1.29, 1.82) is 0 Å². The van der Waals surface area contributed by atoms with Gasteiger partial charge >= 0.3 is 0 Å². The van der Waals surface area contributed by atoms with Crippen LogP contribution in [-0.2, 0) is 19.3 Å². The van der Waals surface area contributed by atoms with Crippen molar-refractivity contribution in [3.8, 4) is 0 Å². The van der Waals surface area contributed by atoms with Crippen molar-refractivity contribution < 1.29 is 4.79 Å². The Morgan fingerprint density at radius 2 is 1.81 bits per heavy atom. The molecule has 2 aliphatic carbocycles. The van der Waals surface area contributed by atoms with E-state index in [1.54, 1.807) is 0 Å². The number of carbonyl (C=O) groups is 1. The Balaban J connectivity index is 2.08. The van der Waals surface area contributed by atoms with Gasteiger partial charge < -0.3 is 0 Å². The fourth-order valence-corrected chi connectivity index (χ4v) is 3.07. The molecule has 0 saturated carbocycles. The van der Waals surface area contributed by atoms with E-state index in [0.29, 0.717) is 11.7 Å². The average Bonchev–Trinajstić information content (AvgIpc) is 2.66. The van der Waals surface area contributed by atoms with Crippen molar-refractivity contribution in [2.45, 2.75) is 45.4 Å². The van der Waals surface area contributed by atoms with Crippen molar-refractivity contribution in [1.82, 2.24) is 0 Å². The highest BCUT2D eigenvalue weighted by Crippen LogP contribution is 2.30. The maximum Gasteiger partial charge on any atom is 0.163 e. The molecule has 16 heavy (non-hydrogen) atoms. The van der Waals surface area contributed by atoms with Gasteiger partial charge in [0.1, 0.15) is 0 Å². The number of Topliss-reactive ketones (excluding diaryl/α,β-unsaturated/α-hetero) is 1. The van der Waals surface area contributed by atoms with Crippen LogP contribution in [0.3, 0.4) is 0 Å². The first-order valence-electron chi connectivity index (χ1n) is 6.42. The minimum atomic E-state index is 0.370. The lowest BCUT2D eigenvalue weighted by atomic mass is 9.96. The minimum Gasteiger partial charge on any atom is -0.294 e. The lowest BCUT2D eigenvalue weighted by Gasteiger charge is -2.08. The van der Waals surface area contributed by atoms with E-state index in [4.69, 9.17) is 0 Å². The fourth-order valence-electron chi connectivity index (χ4n) is 3.07. The largest absolute Gasteiger partial charge is 0.294 e. The van der Waals surface area contributed by atoms with E-state index in [1.165, 1.54) is 36.0 Å². The van der Waals surface area contributed by atoms with Gasteiger partial charge in [0, 0.05) is 12.0 Å². The summed E-state index contributed by atoms with van der Waals surface area (Å²) in [6, 6.07) is 4.51. The van der Waals surface area contributed by atoms with E-state index in [0.717, 1.165) is 24.8 Å². The number of rotatable bonds is 0. The Labute approximate surface area is 96.9 Å². The molecule has 84 valence electrons. The molecule has 2 aliphatic rings. The van der Waals surface area contributed by atoms with Crippen molar-refractivity contribution in [2.75, 3.05) is 0 Å². The molecule has 1 aromatic carbocycles. The molecule has 1 heteroatoms. The van der Waals surface area contributed by atoms with Gasteiger partial charge in [0.05, 0.1) is 0 Å². The van der Waals surface area contributed by atoms with Crippen molar-refractivity contribution in [2.24, 2.45) is 5.92 Å². The summed E-state index contributed by atoms with van der Waals surface area (Å²) in [4.78, 5) is 12.1. The highest BCUT2D eigenvalue weighted by molar-refractivity contribution is 5.98. The van der Waals surface area contributed by atoms with Crippen LogP contribution in [0.15, 0.2) is 12.1 Å². The molecule has 0 radical (unpaired) electrons. The molecule has 0 heterocycles. The quantitative estimate of drug-likeness (QED) is 0.605. The van der Waals surface area contributed by atoms with Crippen LogP contribution in [0.25, 0.3) is 0 Å². The summed E-state index contributed by atoms with van der Waals surface area (Å²) in [6.07, 6.45) is 6.65. The Kier molecular flexibility index (Phi) is 2.34. The van der Waals surface area contributed by atoms with Crippen LogP contribution in [0, 0.1) is 5.92 Å². The SMILES string of the molecule is CC1CCc2cc3c(cc2C(=O)C1)CCC3. The van der Waals surface area contributed by atoms with Crippen LogP contribution < -0.4 is 0 Å². The zero-order valence-corrected chi connectivity index (χ0v) is 9.88. The standard InChI is InChI=1S/C15H18O/c1-10-5-6-13-8-11-3-2-4-12(11)9-14(13)15(16)7-10/h8-10H,2-7H2,1H3. The van der Waals surface area contributed by atoms with Gasteiger partial charge in [0.15, 0.2) is 5.78 Å². The maximum absolute atomic E-state index is 12.1. The summed E-state index contributed by atoms with van der Waals surface area (Å²) < 4.78 is 0. The number of hydrogen-bond donors (Lipinski definition) is 0. The van der Waals surface area contributed by atoms with Crippen LogP contribution in [0.2, 0.25) is 0 Å². The van der Waals surface area contributed by atoms with Crippen LogP contribution in [0.1, 0.15) is 53.2 Å². The number of aryl methyl sites for hydroxylation is 3. The molecule has 1 aromatic rings. The monoisotopic (exact) mass is 214 g/mol. The first kappa shape index (κ1) is 10.1. The number of fused-ring (bicyclic) bond motifs is 2. The molecule has 0 spiro atoms. The molecule has 1 unspecified atom stereocenters. The molecule has 0 aromatic heterocycles. The van der Waals surface area contributed by atoms with Crippen LogP contribution in [0.5, 0.6) is 0 Å². The molecule has 1 atom stereocenters. The van der Waals surface area contributed by atoms with E-state index < -0.39 is 0 Å². The molecule has 0 N–H and O–H groups in total. The van der Waals surface area contributed by atoms with Crippen molar-refractivity contribution in [3.63, 3.8) is 0 Å². The van der Waals surface area contributed by atoms with Crippen LogP contribution in [0.4, 0.5) is 0 Å². The van der Waals surface area contributed by atoms with E-state index in [9.17, 15) is 4.79 Å². The highest BCUT2D eigenvalue weighted by Gasteiger charge is 2.22. The molecule has 0 aliphatic heterocycles. The molecule has 3 rings (SSSR count). The highest BCUT2D eigenvalue weighted by atomic mass is 16.1. The summed E-state index contributed by atoms with van der Waals surface area (Å²) >= 11 is 0. The smallest absolute Gasteiger partial charge is 0.163 e. The fraction of sp³-hybridized carbons (Fsp3) is 0.533. The molecule has 0 fully saturated rings. The maximum atomic E-state index is 12.1. The van der Waals surface area contributed by atoms with E-state index in [-0.39, 0.29) is 0 Å². The zero-order chi connectivity index (χ0) is 11.1. The zero-order valence-electron chi connectivity index (χ0n) is 9.88. The normalized spacial score (nSPS) is 23.8.